The Balaban J connectivity index is 1.79. The van der Waals surface area contributed by atoms with Crippen LogP contribution in [0.1, 0.15) is 44.1 Å². The first-order valence-corrected chi connectivity index (χ1v) is 7.52. The molecule has 0 saturated heterocycles. The van der Waals surface area contributed by atoms with E-state index in [0.717, 1.165) is 11.6 Å². The average Bonchev–Trinajstić information content (AvgIpc) is 2.51. The maximum Gasteiger partial charge on any atom is 0.227 e. The van der Waals surface area contributed by atoms with Gasteiger partial charge in [-0.05, 0) is 42.4 Å². The highest BCUT2D eigenvalue weighted by Gasteiger charge is 2.20. The molecule has 0 radical (unpaired) electrons. The van der Waals surface area contributed by atoms with E-state index >= 15 is 0 Å². The highest BCUT2D eigenvalue weighted by atomic mass is 15.1. The summed E-state index contributed by atoms with van der Waals surface area (Å²) in [4.78, 5) is 12.7. The molecule has 0 aliphatic heterocycles. The lowest BCUT2D eigenvalue weighted by Gasteiger charge is -2.26. The van der Waals surface area contributed by atoms with E-state index in [0.29, 0.717) is 17.7 Å². The number of rotatable bonds is 3. The SMILES string of the molecule is CC1CCC(c2cnc(N)c(Nc3ncccn3)c2)CC1. The molecule has 0 amide bonds. The first-order chi connectivity index (χ1) is 10.2. The van der Waals surface area contributed by atoms with Crippen LogP contribution in [0.3, 0.4) is 0 Å². The third kappa shape index (κ3) is 3.29. The molecule has 5 nitrogen and oxygen atoms in total. The zero-order valence-electron chi connectivity index (χ0n) is 12.3. The third-order valence-corrected chi connectivity index (χ3v) is 4.24. The van der Waals surface area contributed by atoms with Gasteiger partial charge in [-0.25, -0.2) is 15.0 Å². The summed E-state index contributed by atoms with van der Waals surface area (Å²) in [6, 6.07) is 3.88. The van der Waals surface area contributed by atoms with Gasteiger partial charge in [0.2, 0.25) is 5.95 Å². The van der Waals surface area contributed by atoms with Crippen LogP contribution in [0.4, 0.5) is 17.5 Å². The lowest BCUT2D eigenvalue weighted by atomic mass is 9.80. The van der Waals surface area contributed by atoms with E-state index < -0.39 is 0 Å². The minimum Gasteiger partial charge on any atom is -0.382 e. The predicted molar refractivity (Wildman–Crippen MR) is 84.3 cm³/mol. The van der Waals surface area contributed by atoms with Gasteiger partial charge >= 0.3 is 0 Å². The van der Waals surface area contributed by atoms with Crippen LogP contribution >= 0.6 is 0 Å². The molecule has 3 rings (SSSR count). The molecular formula is C16H21N5. The molecule has 110 valence electrons. The van der Waals surface area contributed by atoms with E-state index in [1.807, 2.05) is 6.20 Å². The second-order valence-electron chi connectivity index (χ2n) is 5.86. The van der Waals surface area contributed by atoms with Gasteiger partial charge in [0.1, 0.15) is 5.82 Å². The molecule has 3 N–H and O–H groups in total. The summed E-state index contributed by atoms with van der Waals surface area (Å²) in [5, 5.41) is 3.15. The molecule has 1 fully saturated rings. The van der Waals surface area contributed by atoms with Crippen LogP contribution in [0.15, 0.2) is 30.7 Å². The predicted octanol–water partition coefficient (Wildman–Crippen LogP) is 3.49. The highest BCUT2D eigenvalue weighted by molar-refractivity contribution is 5.67. The Morgan fingerprint density at radius 1 is 1.10 bits per heavy atom. The van der Waals surface area contributed by atoms with Crippen molar-refractivity contribution in [3.05, 3.63) is 36.3 Å². The number of nitrogens with zero attached hydrogens (tertiary/aromatic N) is 3. The lowest BCUT2D eigenvalue weighted by Crippen LogP contribution is -2.12. The highest BCUT2D eigenvalue weighted by Crippen LogP contribution is 2.36. The molecule has 0 spiro atoms. The number of aromatic nitrogens is 3. The van der Waals surface area contributed by atoms with Crippen LogP contribution in [-0.2, 0) is 0 Å². The molecule has 0 aromatic carbocycles. The van der Waals surface area contributed by atoms with Crippen LogP contribution in [0.25, 0.3) is 0 Å². The van der Waals surface area contributed by atoms with Crippen LogP contribution in [0.2, 0.25) is 0 Å². The summed E-state index contributed by atoms with van der Waals surface area (Å²) in [5.74, 6) is 2.46. The van der Waals surface area contributed by atoms with E-state index in [9.17, 15) is 0 Å². The van der Waals surface area contributed by atoms with Gasteiger partial charge in [0.25, 0.3) is 0 Å². The molecule has 1 aliphatic carbocycles. The van der Waals surface area contributed by atoms with Crippen molar-refractivity contribution >= 4 is 17.5 Å². The van der Waals surface area contributed by atoms with Gasteiger partial charge in [-0.3, -0.25) is 0 Å². The van der Waals surface area contributed by atoms with Gasteiger partial charge in [0, 0.05) is 18.6 Å². The van der Waals surface area contributed by atoms with E-state index in [4.69, 9.17) is 5.73 Å². The number of pyridine rings is 1. The standard InChI is InChI=1S/C16H21N5/c1-11-3-5-12(6-4-11)13-9-14(15(17)20-10-13)21-16-18-7-2-8-19-16/h2,7-12H,3-6H2,1H3,(H2,17,20)(H,18,19,21). The number of nitrogens with one attached hydrogen (secondary N) is 1. The first-order valence-electron chi connectivity index (χ1n) is 7.52. The van der Waals surface area contributed by atoms with Crippen molar-refractivity contribution in [2.75, 3.05) is 11.1 Å². The van der Waals surface area contributed by atoms with Crippen LogP contribution in [0, 0.1) is 5.92 Å². The molecule has 0 unspecified atom stereocenters. The number of hydrogen-bond donors (Lipinski definition) is 2. The number of nitrogens with two attached hydrogens (primary N) is 1. The molecule has 1 saturated carbocycles. The molecule has 5 heteroatoms. The minimum absolute atomic E-state index is 0.482. The van der Waals surface area contributed by atoms with Crippen LogP contribution < -0.4 is 11.1 Å². The largest absolute Gasteiger partial charge is 0.382 e. The summed E-state index contributed by atoms with van der Waals surface area (Å²) in [5.41, 5.74) is 8.01. The van der Waals surface area contributed by atoms with Gasteiger partial charge in [-0.15, -0.1) is 0 Å². The van der Waals surface area contributed by atoms with Crippen molar-refractivity contribution in [1.82, 2.24) is 15.0 Å². The quantitative estimate of drug-likeness (QED) is 0.901. The lowest BCUT2D eigenvalue weighted by molar-refractivity contribution is 0.347. The second-order valence-corrected chi connectivity index (χ2v) is 5.86. The van der Waals surface area contributed by atoms with Crippen molar-refractivity contribution < 1.29 is 0 Å². The zero-order chi connectivity index (χ0) is 14.7. The van der Waals surface area contributed by atoms with E-state index in [2.05, 4.69) is 33.3 Å². The number of nitrogen functional groups attached to an aromatic ring is 1. The topological polar surface area (TPSA) is 76.7 Å². The first kappa shape index (κ1) is 13.8. The molecule has 0 atom stereocenters. The average molecular weight is 283 g/mol. The summed E-state index contributed by atoms with van der Waals surface area (Å²) >= 11 is 0. The van der Waals surface area contributed by atoms with Crippen molar-refractivity contribution in [3.63, 3.8) is 0 Å². The Bertz CT molecular complexity index is 591. The normalized spacial score (nSPS) is 22.0. The van der Waals surface area contributed by atoms with E-state index in [1.54, 1.807) is 18.5 Å². The second kappa shape index (κ2) is 6.08. The van der Waals surface area contributed by atoms with Gasteiger partial charge in [-0.1, -0.05) is 19.8 Å². The van der Waals surface area contributed by atoms with Gasteiger partial charge in [0.05, 0.1) is 5.69 Å². The van der Waals surface area contributed by atoms with Crippen molar-refractivity contribution in [1.29, 1.82) is 0 Å². The summed E-state index contributed by atoms with van der Waals surface area (Å²) in [7, 11) is 0. The Morgan fingerprint density at radius 3 is 2.52 bits per heavy atom. The maximum absolute atomic E-state index is 5.96. The van der Waals surface area contributed by atoms with Gasteiger partial charge in [0.15, 0.2) is 0 Å². The smallest absolute Gasteiger partial charge is 0.227 e. The minimum atomic E-state index is 0.482. The molecule has 21 heavy (non-hydrogen) atoms. The van der Waals surface area contributed by atoms with E-state index in [-0.39, 0.29) is 0 Å². The van der Waals surface area contributed by atoms with Crippen LogP contribution in [0.5, 0.6) is 0 Å². The van der Waals surface area contributed by atoms with Crippen molar-refractivity contribution in [3.8, 4) is 0 Å². The number of hydrogen-bond acceptors (Lipinski definition) is 5. The monoisotopic (exact) mass is 283 g/mol. The van der Waals surface area contributed by atoms with Crippen molar-refractivity contribution in [2.45, 2.75) is 38.5 Å². The fourth-order valence-electron chi connectivity index (χ4n) is 2.89. The Morgan fingerprint density at radius 2 is 1.81 bits per heavy atom. The van der Waals surface area contributed by atoms with Crippen LogP contribution in [-0.4, -0.2) is 15.0 Å². The number of anilines is 3. The van der Waals surface area contributed by atoms with E-state index in [1.165, 1.54) is 31.2 Å². The van der Waals surface area contributed by atoms with Crippen molar-refractivity contribution in [2.24, 2.45) is 5.92 Å². The maximum atomic E-state index is 5.96. The fourth-order valence-corrected chi connectivity index (χ4v) is 2.89. The molecule has 2 aromatic rings. The van der Waals surface area contributed by atoms with Gasteiger partial charge in [-0.2, -0.15) is 0 Å². The Labute approximate surface area is 125 Å². The molecule has 0 bridgehead atoms. The molecule has 2 aromatic heterocycles. The summed E-state index contributed by atoms with van der Waals surface area (Å²) < 4.78 is 0. The zero-order valence-corrected chi connectivity index (χ0v) is 12.3. The molecule has 2 heterocycles. The fraction of sp³-hybridized carbons (Fsp3) is 0.438. The summed E-state index contributed by atoms with van der Waals surface area (Å²) in [6.07, 6.45) is 10.4. The Hall–Kier alpha value is -2.17. The Kier molecular flexibility index (Phi) is 3.99. The van der Waals surface area contributed by atoms with Gasteiger partial charge < -0.3 is 11.1 Å². The molecule has 1 aliphatic rings. The third-order valence-electron chi connectivity index (χ3n) is 4.24. The molecular weight excluding hydrogens is 262 g/mol. The summed E-state index contributed by atoms with van der Waals surface area (Å²) in [6.45, 7) is 2.33.